The van der Waals surface area contributed by atoms with Gasteiger partial charge in [-0.1, -0.05) is 24.3 Å². The van der Waals surface area contributed by atoms with Gasteiger partial charge in [-0.15, -0.1) is 0 Å². The molecular weight excluding hydrogens is 342 g/mol. The number of hydrogen-bond donors (Lipinski definition) is 4. The molecule has 2 aromatic carbocycles. The number of urea groups is 1. The number of rotatable bonds is 5. The Morgan fingerprint density at radius 2 is 1.52 bits per heavy atom. The third-order valence-corrected chi connectivity index (χ3v) is 4.26. The van der Waals surface area contributed by atoms with Crippen molar-refractivity contribution < 1.29 is 9.59 Å². The first kappa shape index (κ1) is 16.8. The van der Waals surface area contributed by atoms with Crippen LogP contribution in [0.25, 0.3) is 0 Å². The van der Waals surface area contributed by atoms with E-state index in [2.05, 4.69) is 26.1 Å². The predicted molar refractivity (Wildman–Crippen MR) is 104 cm³/mol. The van der Waals surface area contributed by atoms with E-state index in [1.165, 1.54) is 0 Å². The van der Waals surface area contributed by atoms with Crippen molar-refractivity contribution in [2.75, 3.05) is 16.0 Å². The lowest BCUT2D eigenvalue weighted by Gasteiger charge is -2.09. The molecule has 7 heteroatoms. The first-order valence-electron chi connectivity index (χ1n) is 8.77. The smallest absolute Gasteiger partial charge is 0.321 e. The Labute approximate surface area is 156 Å². The van der Waals surface area contributed by atoms with E-state index < -0.39 is 0 Å². The number of aromatic nitrogens is 2. The number of nitrogens with one attached hydrogen (secondary N) is 4. The number of H-pyrrole nitrogens is 1. The van der Waals surface area contributed by atoms with Gasteiger partial charge in [0.05, 0.1) is 0 Å². The van der Waals surface area contributed by atoms with Crippen molar-refractivity contribution in [2.45, 2.75) is 18.8 Å². The first-order valence-corrected chi connectivity index (χ1v) is 8.77. The van der Waals surface area contributed by atoms with Crippen LogP contribution < -0.4 is 16.0 Å². The van der Waals surface area contributed by atoms with Gasteiger partial charge in [-0.2, -0.15) is 5.10 Å². The minimum atomic E-state index is -0.356. The van der Waals surface area contributed by atoms with Gasteiger partial charge in [-0.25, -0.2) is 4.79 Å². The minimum Gasteiger partial charge on any atom is -0.321 e. The average molecular weight is 361 g/mol. The number of para-hydroxylation sites is 1. The number of anilines is 3. The molecule has 0 aliphatic heterocycles. The van der Waals surface area contributed by atoms with E-state index in [1.807, 2.05) is 18.2 Å². The molecule has 3 amide bonds. The van der Waals surface area contributed by atoms with E-state index in [0.29, 0.717) is 28.7 Å². The van der Waals surface area contributed by atoms with E-state index in [4.69, 9.17) is 0 Å². The van der Waals surface area contributed by atoms with Crippen LogP contribution >= 0.6 is 0 Å². The van der Waals surface area contributed by atoms with Crippen LogP contribution in [0.5, 0.6) is 0 Å². The molecule has 0 spiro atoms. The molecule has 1 aliphatic rings. The van der Waals surface area contributed by atoms with E-state index >= 15 is 0 Å². The van der Waals surface area contributed by atoms with Crippen LogP contribution in [0.15, 0.2) is 60.7 Å². The summed E-state index contributed by atoms with van der Waals surface area (Å²) in [6.07, 6.45) is 2.28. The lowest BCUT2D eigenvalue weighted by molar-refractivity contribution is 0.102. The van der Waals surface area contributed by atoms with Gasteiger partial charge in [-0.3, -0.25) is 9.89 Å². The standard InChI is InChI=1S/C20H19N5O2/c26-19(18-12-17(24-25-18)13-9-10-13)21-15-7-4-8-16(11-15)23-20(27)22-14-5-2-1-3-6-14/h1-8,11-13H,9-10H2,(H,21,26)(H,24,25)(H2,22,23,27). The zero-order valence-electron chi connectivity index (χ0n) is 14.5. The van der Waals surface area contributed by atoms with Gasteiger partial charge in [0, 0.05) is 28.7 Å². The quantitative estimate of drug-likeness (QED) is 0.548. The van der Waals surface area contributed by atoms with Crippen LogP contribution in [0, 0.1) is 0 Å². The summed E-state index contributed by atoms with van der Waals surface area (Å²) >= 11 is 0. The fraction of sp³-hybridized carbons (Fsp3) is 0.150. The van der Waals surface area contributed by atoms with Gasteiger partial charge in [0.2, 0.25) is 0 Å². The summed E-state index contributed by atoms with van der Waals surface area (Å²) in [6.45, 7) is 0. The van der Waals surface area contributed by atoms with Crippen LogP contribution in [-0.2, 0) is 0 Å². The fourth-order valence-corrected chi connectivity index (χ4v) is 2.74. The van der Waals surface area contributed by atoms with Crippen molar-refractivity contribution >= 4 is 29.0 Å². The molecule has 0 atom stereocenters. The molecule has 1 fully saturated rings. The van der Waals surface area contributed by atoms with Gasteiger partial charge >= 0.3 is 6.03 Å². The van der Waals surface area contributed by atoms with Crippen LogP contribution in [0.4, 0.5) is 21.9 Å². The van der Waals surface area contributed by atoms with Gasteiger partial charge in [0.1, 0.15) is 0 Å². The van der Waals surface area contributed by atoms with Crippen molar-refractivity contribution in [3.63, 3.8) is 0 Å². The highest BCUT2D eigenvalue weighted by Gasteiger charge is 2.26. The maximum Gasteiger partial charge on any atom is 0.323 e. The summed E-state index contributed by atoms with van der Waals surface area (Å²) in [5.41, 5.74) is 3.21. The topological polar surface area (TPSA) is 98.9 Å². The minimum absolute atomic E-state index is 0.288. The van der Waals surface area contributed by atoms with E-state index in [0.717, 1.165) is 18.5 Å². The number of benzene rings is 2. The number of nitrogens with zero attached hydrogens (tertiary/aromatic N) is 1. The molecule has 0 radical (unpaired) electrons. The van der Waals surface area contributed by atoms with Crippen molar-refractivity contribution in [3.8, 4) is 0 Å². The Morgan fingerprint density at radius 3 is 2.26 bits per heavy atom. The number of amides is 3. The molecule has 0 bridgehead atoms. The third-order valence-electron chi connectivity index (χ3n) is 4.26. The number of carbonyl (C=O) groups excluding carboxylic acids is 2. The maximum absolute atomic E-state index is 12.4. The van der Waals surface area contributed by atoms with Crippen molar-refractivity contribution in [3.05, 3.63) is 72.1 Å². The molecule has 1 aliphatic carbocycles. The Morgan fingerprint density at radius 1 is 0.852 bits per heavy atom. The summed E-state index contributed by atoms with van der Waals surface area (Å²) < 4.78 is 0. The predicted octanol–water partition coefficient (Wildman–Crippen LogP) is 4.18. The molecular formula is C20H19N5O2. The summed E-state index contributed by atoms with van der Waals surface area (Å²) in [4.78, 5) is 24.4. The molecule has 0 saturated heterocycles. The second-order valence-electron chi connectivity index (χ2n) is 6.46. The lowest BCUT2D eigenvalue weighted by Crippen LogP contribution is -2.19. The monoisotopic (exact) mass is 361 g/mol. The summed E-state index contributed by atoms with van der Waals surface area (Å²) in [5.74, 6) is 0.221. The molecule has 7 nitrogen and oxygen atoms in total. The largest absolute Gasteiger partial charge is 0.323 e. The van der Waals surface area contributed by atoms with Gasteiger partial charge < -0.3 is 16.0 Å². The van der Waals surface area contributed by atoms with Crippen LogP contribution in [0.1, 0.15) is 34.9 Å². The maximum atomic E-state index is 12.4. The summed E-state index contributed by atoms with van der Waals surface area (Å²) in [5, 5.41) is 15.3. The zero-order chi connectivity index (χ0) is 18.6. The highest BCUT2D eigenvalue weighted by molar-refractivity contribution is 6.04. The van der Waals surface area contributed by atoms with Crippen LogP contribution in [0.2, 0.25) is 0 Å². The normalized spacial score (nSPS) is 13.0. The van der Waals surface area contributed by atoms with Crippen LogP contribution in [0.3, 0.4) is 0 Å². The molecule has 1 aromatic heterocycles. The Bertz CT molecular complexity index is 963. The molecule has 3 aromatic rings. The Hall–Kier alpha value is -3.61. The SMILES string of the molecule is O=C(Nc1ccccc1)Nc1cccc(NC(=O)c2cc(C3CC3)[nH]n2)c1. The molecule has 0 unspecified atom stereocenters. The van der Waals surface area contributed by atoms with Gasteiger partial charge in [0.15, 0.2) is 5.69 Å². The first-order chi connectivity index (χ1) is 13.2. The van der Waals surface area contributed by atoms with Gasteiger partial charge in [0.25, 0.3) is 5.91 Å². The second-order valence-corrected chi connectivity index (χ2v) is 6.46. The van der Waals surface area contributed by atoms with Crippen molar-refractivity contribution in [1.29, 1.82) is 0 Å². The van der Waals surface area contributed by atoms with E-state index in [9.17, 15) is 9.59 Å². The van der Waals surface area contributed by atoms with Crippen LogP contribution in [-0.4, -0.2) is 22.1 Å². The lowest BCUT2D eigenvalue weighted by atomic mass is 10.2. The zero-order valence-corrected chi connectivity index (χ0v) is 14.5. The van der Waals surface area contributed by atoms with Gasteiger partial charge in [-0.05, 0) is 49.2 Å². The number of aromatic amines is 1. The van der Waals surface area contributed by atoms with Crippen molar-refractivity contribution in [2.24, 2.45) is 0 Å². The Balaban J connectivity index is 1.38. The Kier molecular flexibility index (Phi) is 4.57. The molecule has 4 rings (SSSR count). The molecule has 4 N–H and O–H groups in total. The number of hydrogen-bond acceptors (Lipinski definition) is 3. The highest BCUT2D eigenvalue weighted by atomic mass is 16.2. The van der Waals surface area contributed by atoms with E-state index in [1.54, 1.807) is 42.5 Å². The van der Waals surface area contributed by atoms with E-state index in [-0.39, 0.29) is 11.9 Å². The summed E-state index contributed by atoms with van der Waals surface area (Å²) in [6, 6.07) is 17.6. The molecule has 27 heavy (non-hydrogen) atoms. The highest BCUT2D eigenvalue weighted by Crippen LogP contribution is 2.39. The molecule has 1 saturated carbocycles. The average Bonchev–Trinajstić information content (AvgIpc) is 3.39. The molecule has 1 heterocycles. The fourth-order valence-electron chi connectivity index (χ4n) is 2.74. The summed E-state index contributed by atoms with van der Waals surface area (Å²) in [7, 11) is 0. The third kappa shape index (κ3) is 4.33. The molecule has 136 valence electrons. The second kappa shape index (κ2) is 7.33. The van der Waals surface area contributed by atoms with Crippen molar-refractivity contribution in [1.82, 2.24) is 10.2 Å². The number of carbonyl (C=O) groups is 2.